The number of hydrogen-bond acceptors (Lipinski definition) is 4. The lowest BCUT2D eigenvalue weighted by molar-refractivity contribution is -0.00318. The maximum atomic E-state index is 11.8. The first-order valence-electron chi connectivity index (χ1n) is 5.94. The van der Waals surface area contributed by atoms with Gasteiger partial charge in [0.2, 0.25) is 0 Å². The van der Waals surface area contributed by atoms with E-state index in [0.717, 1.165) is 0 Å². The Balaban J connectivity index is 2.65. The number of aliphatic hydroxyl groups is 1. The van der Waals surface area contributed by atoms with E-state index >= 15 is 0 Å². The molecule has 0 spiro atoms. The third-order valence-corrected chi connectivity index (χ3v) is 3.17. The molecule has 1 saturated heterocycles. The van der Waals surface area contributed by atoms with Crippen molar-refractivity contribution in [3.63, 3.8) is 0 Å². The van der Waals surface area contributed by atoms with E-state index < -0.39 is 16.7 Å². The summed E-state index contributed by atoms with van der Waals surface area (Å²) in [6, 6.07) is 0. The van der Waals surface area contributed by atoms with Crippen LogP contribution in [0, 0.1) is 0 Å². The van der Waals surface area contributed by atoms with E-state index in [1.807, 2.05) is 20.8 Å². The molecule has 5 heteroatoms. The van der Waals surface area contributed by atoms with Crippen molar-refractivity contribution < 1.29 is 14.6 Å². The number of nitrogens with two attached hydrogens (primary N) is 1. The highest BCUT2D eigenvalue weighted by Gasteiger charge is 2.47. The van der Waals surface area contributed by atoms with Gasteiger partial charge in [-0.25, -0.2) is 4.79 Å². The molecule has 0 radical (unpaired) electrons. The summed E-state index contributed by atoms with van der Waals surface area (Å²) >= 11 is 0. The van der Waals surface area contributed by atoms with Crippen LogP contribution in [0.25, 0.3) is 0 Å². The smallest absolute Gasteiger partial charge is 0.410 e. The van der Waals surface area contributed by atoms with Gasteiger partial charge in [0.25, 0.3) is 0 Å². The molecular formula is C12H24N2O3. The van der Waals surface area contributed by atoms with Gasteiger partial charge in [0.1, 0.15) is 5.60 Å². The maximum Gasteiger partial charge on any atom is 0.410 e. The Hall–Kier alpha value is -0.810. The van der Waals surface area contributed by atoms with Crippen molar-refractivity contribution >= 4 is 6.09 Å². The fourth-order valence-corrected chi connectivity index (χ4v) is 1.81. The van der Waals surface area contributed by atoms with Gasteiger partial charge in [-0.1, -0.05) is 0 Å². The molecule has 1 aliphatic heterocycles. The van der Waals surface area contributed by atoms with E-state index in [2.05, 4.69) is 0 Å². The van der Waals surface area contributed by atoms with Crippen LogP contribution >= 0.6 is 0 Å². The second-order valence-electron chi connectivity index (χ2n) is 6.37. The van der Waals surface area contributed by atoms with E-state index in [0.29, 0.717) is 19.5 Å². The predicted molar refractivity (Wildman–Crippen MR) is 65.6 cm³/mol. The number of likely N-dealkylation sites (tertiary alicyclic amines) is 1. The summed E-state index contributed by atoms with van der Waals surface area (Å²) in [7, 11) is 0. The molecule has 0 saturated carbocycles. The molecular weight excluding hydrogens is 220 g/mol. The molecule has 17 heavy (non-hydrogen) atoms. The first kappa shape index (κ1) is 14.3. The Kier molecular flexibility index (Phi) is 3.47. The van der Waals surface area contributed by atoms with Crippen molar-refractivity contribution in [1.82, 2.24) is 4.90 Å². The van der Waals surface area contributed by atoms with Crippen LogP contribution in [-0.2, 0) is 4.74 Å². The lowest BCUT2D eigenvalue weighted by Crippen LogP contribution is -2.59. The number of amides is 1. The van der Waals surface area contributed by atoms with Crippen LogP contribution in [0.1, 0.15) is 41.0 Å². The van der Waals surface area contributed by atoms with Crippen LogP contribution in [0.2, 0.25) is 0 Å². The van der Waals surface area contributed by atoms with E-state index in [1.165, 1.54) is 0 Å². The maximum absolute atomic E-state index is 11.8. The number of carbonyl (C=O) groups excluding carboxylic acids is 1. The average molecular weight is 244 g/mol. The van der Waals surface area contributed by atoms with E-state index in [4.69, 9.17) is 10.5 Å². The summed E-state index contributed by atoms with van der Waals surface area (Å²) in [6.45, 7) is 9.67. The van der Waals surface area contributed by atoms with Crippen LogP contribution in [-0.4, -0.2) is 45.9 Å². The van der Waals surface area contributed by atoms with Crippen molar-refractivity contribution in [3.05, 3.63) is 0 Å². The van der Waals surface area contributed by atoms with Gasteiger partial charge in [-0.05, 0) is 41.0 Å². The van der Waals surface area contributed by atoms with E-state index in [-0.39, 0.29) is 6.09 Å². The Labute approximate surface area is 103 Å². The third-order valence-electron chi connectivity index (χ3n) is 3.17. The molecule has 3 N–H and O–H groups in total. The number of hydrogen-bond donors (Lipinski definition) is 2. The predicted octanol–water partition coefficient (Wildman–Crippen LogP) is 1.10. The molecule has 1 rings (SSSR count). The monoisotopic (exact) mass is 244 g/mol. The van der Waals surface area contributed by atoms with E-state index in [9.17, 15) is 9.90 Å². The van der Waals surface area contributed by atoms with Gasteiger partial charge in [0.15, 0.2) is 0 Å². The average Bonchev–Trinajstić information content (AvgIpc) is 2.44. The molecule has 1 heterocycles. The van der Waals surface area contributed by atoms with Crippen LogP contribution in [0.5, 0.6) is 0 Å². The van der Waals surface area contributed by atoms with Crippen molar-refractivity contribution in [2.75, 3.05) is 13.1 Å². The Morgan fingerprint density at radius 3 is 2.24 bits per heavy atom. The first-order valence-corrected chi connectivity index (χ1v) is 5.94. The lowest BCUT2D eigenvalue weighted by Gasteiger charge is -2.36. The molecule has 1 atom stereocenters. The molecule has 0 aromatic carbocycles. The first-order chi connectivity index (χ1) is 7.45. The number of carbonyl (C=O) groups is 1. The van der Waals surface area contributed by atoms with Crippen LogP contribution in [0.3, 0.4) is 0 Å². The summed E-state index contributed by atoms with van der Waals surface area (Å²) in [5.74, 6) is 0. The number of nitrogens with zero attached hydrogens (tertiary/aromatic N) is 1. The van der Waals surface area contributed by atoms with Gasteiger partial charge >= 0.3 is 6.09 Å². The minimum atomic E-state index is -1.01. The molecule has 0 aromatic heterocycles. The summed E-state index contributed by atoms with van der Waals surface area (Å²) in [6.07, 6.45) is 0.213. The van der Waals surface area contributed by atoms with E-state index in [1.54, 1.807) is 18.7 Å². The summed E-state index contributed by atoms with van der Waals surface area (Å²) in [4.78, 5) is 13.4. The van der Waals surface area contributed by atoms with Crippen molar-refractivity contribution in [2.45, 2.75) is 57.8 Å². The zero-order valence-electron chi connectivity index (χ0n) is 11.4. The van der Waals surface area contributed by atoms with Gasteiger partial charge < -0.3 is 20.5 Å². The van der Waals surface area contributed by atoms with Gasteiger partial charge in [-0.2, -0.15) is 0 Å². The molecule has 0 aliphatic carbocycles. The second-order valence-corrected chi connectivity index (χ2v) is 6.37. The Morgan fingerprint density at radius 2 is 1.88 bits per heavy atom. The van der Waals surface area contributed by atoms with Gasteiger partial charge in [-0.15, -0.1) is 0 Å². The van der Waals surface area contributed by atoms with Crippen LogP contribution < -0.4 is 5.73 Å². The number of ether oxygens (including phenoxy) is 1. The van der Waals surface area contributed by atoms with Gasteiger partial charge in [0.05, 0.1) is 11.1 Å². The molecule has 1 fully saturated rings. The summed E-state index contributed by atoms with van der Waals surface area (Å²) in [5.41, 5.74) is 3.85. The third kappa shape index (κ3) is 3.33. The highest BCUT2D eigenvalue weighted by atomic mass is 16.6. The molecule has 100 valence electrons. The molecule has 1 aliphatic rings. The standard InChI is InChI=1S/C12H24N2O3/c1-10(2,3)17-9(15)14-7-6-12(13,8-14)11(4,5)16/h16H,6-8,13H2,1-5H3. The molecule has 0 bridgehead atoms. The summed E-state index contributed by atoms with van der Waals surface area (Å²) < 4.78 is 5.28. The molecule has 1 amide bonds. The molecule has 5 nitrogen and oxygen atoms in total. The van der Waals surface area contributed by atoms with Gasteiger partial charge in [-0.3, -0.25) is 0 Å². The zero-order chi connectivity index (χ0) is 13.5. The Morgan fingerprint density at radius 1 is 1.35 bits per heavy atom. The zero-order valence-corrected chi connectivity index (χ0v) is 11.4. The normalized spacial score (nSPS) is 26.2. The highest BCUT2D eigenvalue weighted by Crippen LogP contribution is 2.30. The fourth-order valence-electron chi connectivity index (χ4n) is 1.81. The highest BCUT2D eigenvalue weighted by molar-refractivity contribution is 5.68. The van der Waals surface area contributed by atoms with Gasteiger partial charge in [0, 0.05) is 13.1 Å². The quantitative estimate of drug-likeness (QED) is 0.724. The largest absolute Gasteiger partial charge is 0.444 e. The fraction of sp³-hybridized carbons (Fsp3) is 0.917. The van der Waals surface area contributed by atoms with Crippen molar-refractivity contribution in [3.8, 4) is 0 Å². The topological polar surface area (TPSA) is 75.8 Å². The SMILES string of the molecule is CC(C)(C)OC(=O)N1CCC(N)(C(C)(C)O)C1. The molecule has 1 unspecified atom stereocenters. The van der Waals surface area contributed by atoms with Crippen LogP contribution in [0.15, 0.2) is 0 Å². The summed E-state index contributed by atoms with van der Waals surface area (Å²) in [5, 5.41) is 10.0. The van der Waals surface area contributed by atoms with Crippen LogP contribution in [0.4, 0.5) is 4.79 Å². The second kappa shape index (κ2) is 4.14. The number of rotatable bonds is 1. The Bertz CT molecular complexity index is 304. The minimum Gasteiger partial charge on any atom is -0.444 e. The minimum absolute atomic E-state index is 0.325. The lowest BCUT2D eigenvalue weighted by atomic mass is 9.82. The molecule has 0 aromatic rings. The van der Waals surface area contributed by atoms with Crippen molar-refractivity contribution in [1.29, 1.82) is 0 Å². The van der Waals surface area contributed by atoms with Crippen molar-refractivity contribution in [2.24, 2.45) is 5.73 Å².